The average Bonchev–Trinajstić information content (AvgIpc) is 2.57. The van der Waals surface area contributed by atoms with E-state index in [0.29, 0.717) is 6.04 Å². The third-order valence-electron chi connectivity index (χ3n) is 2.92. The van der Waals surface area contributed by atoms with Crippen molar-refractivity contribution in [3.63, 3.8) is 0 Å². The molecule has 80 valence electrons. The van der Waals surface area contributed by atoms with Crippen LogP contribution in [0.1, 0.15) is 29.2 Å². The fraction of sp³-hybridized carbons (Fsp3) is 0.385. The van der Waals surface area contributed by atoms with Gasteiger partial charge in [-0.3, -0.25) is 0 Å². The largest absolute Gasteiger partial charge is 0.305 e. The molecule has 2 heteroatoms. The first kappa shape index (κ1) is 10.9. The van der Waals surface area contributed by atoms with Crippen molar-refractivity contribution in [1.29, 1.82) is 0 Å². The highest BCUT2D eigenvalue weighted by molar-refractivity contribution is 9.11. The molecule has 1 nitrogen and oxygen atoms in total. The van der Waals surface area contributed by atoms with Crippen LogP contribution in [-0.4, -0.2) is 6.54 Å². The number of halogens is 1. The molecule has 0 aliphatic heterocycles. The molecule has 1 N–H and O–H groups in total. The third-order valence-corrected chi connectivity index (χ3v) is 3.20. The number of hydrogen-bond donors (Lipinski definition) is 1. The summed E-state index contributed by atoms with van der Waals surface area (Å²) in [4.78, 5) is 0. The van der Waals surface area contributed by atoms with E-state index in [1.165, 1.54) is 29.5 Å². The van der Waals surface area contributed by atoms with Gasteiger partial charge in [0.05, 0.1) is 0 Å². The summed E-state index contributed by atoms with van der Waals surface area (Å²) in [6.45, 7) is 6.84. The van der Waals surface area contributed by atoms with Crippen LogP contribution in [-0.2, 0) is 6.42 Å². The normalized spacial score (nSPS) is 18.9. The molecule has 0 fully saturated rings. The van der Waals surface area contributed by atoms with Crippen molar-refractivity contribution in [1.82, 2.24) is 5.32 Å². The lowest BCUT2D eigenvalue weighted by atomic mass is 10.1. The van der Waals surface area contributed by atoms with E-state index in [1.807, 2.05) is 0 Å². The Balaban J connectivity index is 2.11. The van der Waals surface area contributed by atoms with Gasteiger partial charge in [-0.25, -0.2) is 0 Å². The van der Waals surface area contributed by atoms with Crippen LogP contribution in [0.15, 0.2) is 29.3 Å². The Bertz CT molecular complexity index is 384. The van der Waals surface area contributed by atoms with Gasteiger partial charge in [-0.1, -0.05) is 46.3 Å². The topological polar surface area (TPSA) is 12.0 Å². The fourth-order valence-corrected chi connectivity index (χ4v) is 2.35. The molecule has 0 aromatic heterocycles. The van der Waals surface area contributed by atoms with E-state index >= 15 is 0 Å². The number of nitrogens with one attached hydrogen (secondary N) is 1. The molecule has 0 saturated carbocycles. The predicted octanol–water partition coefficient (Wildman–Crippen LogP) is 3.48. The van der Waals surface area contributed by atoms with Gasteiger partial charge >= 0.3 is 0 Å². The zero-order valence-electron chi connectivity index (χ0n) is 9.02. The summed E-state index contributed by atoms with van der Waals surface area (Å²) >= 11 is 3.38. The van der Waals surface area contributed by atoms with Gasteiger partial charge in [0.1, 0.15) is 0 Å². The summed E-state index contributed by atoms with van der Waals surface area (Å²) < 4.78 is 1.02. The summed E-state index contributed by atoms with van der Waals surface area (Å²) in [6, 6.07) is 7.27. The molecule has 0 amide bonds. The second kappa shape index (κ2) is 4.50. The number of rotatable bonds is 3. The van der Waals surface area contributed by atoms with Crippen LogP contribution in [0, 0.1) is 6.92 Å². The molecule has 1 aromatic rings. The van der Waals surface area contributed by atoms with Gasteiger partial charge < -0.3 is 5.32 Å². The first-order valence-electron chi connectivity index (χ1n) is 5.33. The molecule has 0 radical (unpaired) electrons. The van der Waals surface area contributed by atoms with Gasteiger partial charge in [-0.05, 0) is 30.9 Å². The Kier molecular flexibility index (Phi) is 3.27. The van der Waals surface area contributed by atoms with Crippen molar-refractivity contribution in [2.24, 2.45) is 0 Å². The Hall–Kier alpha value is -0.600. The second-order valence-electron chi connectivity index (χ2n) is 4.19. The highest BCUT2D eigenvalue weighted by Crippen LogP contribution is 2.31. The lowest BCUT2D eigenvalue weighted by molar-refractivity contribution is 0.563. The van der Waals surface area contributed by atoms with Crippen molar-refractivity contribution in [3.05, 3.63) is 46.0 Å². The molecule has 0 spiro atoms. The number of aryl methyl sites for hydroxylation is 2. The van der Waals surface area contributed by atoms with E-state index in [2.05, 4.69) is 52.9 Å². The molecular formula is C13H16BrN. The number of benzene rings is 1. The zero-order chi connectivity index (χ0) is 10.8. The SMILES string of the molecule is C=C(Br)CNC1CCc2cc(C)ccc21. The highest BCUT2D eigenvalue weighted by Gasteiger charge is 2.21. The lowest BCUT2D eigenvalue weighted by Gasteiger charge is -2.13. The molecule has 0 bridgehead atoms. The molecule has 0 saturated heterocycles. The maximum absolute atomic E-state index is 3.84. The van der Waals surface area contributed by atoms with Gasteiger partial charge in [0.15, 0.2) is 0 Å². The molecule has 0 heterocycles. The van der Waals surface area contributed by atoms with E-state index in [9.17, 15) is 0 Å². The molecule has 1 unspecified atom stereocenters. The number of fused-ring (bicyclic) bond motifs is 1. The average molecular weight is 266 g/mol. The molecule has 15 heavy (non-hydrogen) atoms. The van der Waals surface area contributed by atoms with E-state index in [0.717, 1.165) is 11.0 Å². The second-order valence-corrected chi connectivity index (χ2v) is 5.31. The highest BCUT2D eigenvalue weighted by atomic mass is 79.9. The van der Waals surface area contributed by atoms with Crippen LogP contribution in [0.2, 0.25) is 0 Å². The van der Waals surface area contributed by atoms with Crippen molar-refractivity contribution in [2.75, 3.05) is 6.54 Å². The maximum atomic E-state index is 3.84. The maximum Gasteiger partial charge on any atom is 0.0329 e. The van der Waals surface area contributed by atoms with Crippen molar-refractivity contribution in [2.45, 2.75) is 25.8 Å². The first-order chi connectivity index (χ1) is 7.16. The zero-order valence-corrected chi connectivity index (χ0v) is 10.6. The van der Waals surface area contributed by atoms with Crippen LogP contribution in [0.4, 0.5) is 0 Å². The quantitative estimate of drug-likeness (QED) is 0.883. The van der Waals surface area contributed by atoms with Gasteiger partial charge in [0.25, 0.3) is 0 Å². The van der Waals surface area contributed by atoms with Crippen LogP contribution < -0.4 is 5.32 Å². The minimum Gasteiger partial charge on any atom is -0.305 e. The van der Waals surface area contributed by atoms with Gasteiger partial charge in [-0.15, -0.1) is 0 Å². The molecule has 1 aliphatic carbocycles. The molecule has 1 atom stereocenters. The monoisotopic (exact) mass is 265 g/mol. The molecule has 1 aromatic carbocycles. The first-order valence-corrected chi connectivity index (χ1v) is 6.12. The van der Waals surface area contributed by atoms with Crippen molar-refractivity contribution < 1.29 is 0 Å². The molecule has 2 rings (SSSR count). The van der Waals surface area contributed by atoms with Crippen LogP contribution in [0.5, 0.6) is 0 Å². The van der Waals surface area contributed by atoms with Crippen LogP contribution >= 0.6 is 15.9 Å². The summed E-state index contributed by atoms with van der Waals surface area (Å²) in [5.41, 5.74) is 4.33. The van der Waals surface area contributed by atoms with Crippen LogP contribution in [0.25, 0.3) is 0 Å². The predicted molar refractivity (Wildman–Crippen MR) is 68.3 cm³/mol. The summed E-state index contributed by atoms with van der Waals surface area (Å²) in [5.74, 6) is 0. The standard InChI is InChI=1S/C13H16BrN/c1-9-3-5-12-11(7-9)4-6-13(12)15-8-10(2)14/h3,5,7,13,15H,2,4,6,8H2,1H3. The fourth-order valence-electron chi connectivity index (χ4n) is 2.19. The van der Waals surface area contributed by atoms with Gasteiger partial charge in [0, 0.05) is 17.1 Å². The van der Waals surface area contributed by atoms with E-state index in [-0.39, 0.29) is 0 Å². The Morgan fingerprint density at radius 1 is 1.60 bits per heavy atom. The van der Waals surface area contributed by atoms with E-state index in [1.54, 1.807) is 0 Å². The third kappa shape index (κ3) is 2.50. The van der Waals surface area contributed by atoms with E-state index < -0.39 is 0 Å². The smallest absolute Gasteiger partial charge is 0.0329 e. The summed E-state index contributed by atoms with van der Waals surface area (Å²) in [5, 5.41) is 3.51. The lowest BCUT2D eigenvalue weighted by Crippen LogP contribution is -2.20. The Morgan fingerprint density at radius 3 is 3.13 bits per heavy atom. The summed E-state index contributed by atoms with van der Waals surface area (Å²) in [6.07, 6.45) is 2.41. The molecule has 1 aliphatic rings. The minimum absolute atomic E-state index is 0.509. The Morgan fingerprint density at radius 2 is 2.40 bits per heavy atom. The number of hydrogen-bond acceptors (Lipinski definition) is 1. The Labute approximate surface area is 99.7 Å². The minimum atomic E-state index is 0.509. The van der Waals surface area contributed by atoms with Crippen molar-refractivity contribution in [3.8, 4) is 0 Å². The van der Waals surface area contributed by atoms with E-state index in [4.69, 9.17) is 0 Å². The van der Waals surface area contributed by atoms with Crippen molar-refractivity contribution >= 4 is 15.9 Å². The summed E-state index contributed by atoms with van der Waals surface area (Å²) in [7, 11) is 0. The molecular weight excluding hydrogens is 250 g/mol. The van der Waals surface area contributed by atoms with Gasteiger partial charge in [-0.2, -0.15) is 0 Å². The van der Waals surface area contributed by atoms with Crippen LogP contribution in [0.3, 0.4) is 0 Å². The van der Waals surface area contributed by atoms with Gasteiger partial charge in [0.2, 0.25) is 0 Å².